The van der Waals surface area contributed by atoms with E-state index < -0.39 is 11.4 Å². The van der Waals surface area contributed by atoms with Crippen LogP contribution in [0.4, 0.5) is 0 Å². The summed E-state index contributed by atoms with van der Waals surface area (Å²) in [6, 6.07) is 6.94. The van der Waals surface area contributed by atoms with Gasteiger partial charge in [-0.1, -0.05) is 33.6 Å². The number of carboxylic acid groups (broad SMARTS) is 1. The third kappa shape index (κ3) is 7.89. The number of carboxylic acids is 1. The maximum Gasteiger partial charge on any atom is 0.306 e. The molecule has 0 heterocycles. The lowest BCUT2D eigenvalue weighted by Gasteiger charge is -2.26. The molecule has 0 aliphatic heterocycles. The fraction of sp³-hybridized carbons (Fsp3) is 0.625. The molecule has 0 spiro atoms. The summed E-state index contributed by atoms with van der Waals surface area (Å²) in [5.41, 5.74) is 0.124. The van der Waals surface area contributed by atoms with Crippen LogP contribution in [0.1, 0.15) is 76.1 Å². The molecule has 172 valence electrons. The topological polar surface area (TPSA) is 105 Å². The number of nitrogens with one attached hydrogen (secondary N) is 2. The van der Waals surface area contributed by atoms with Crippen molar-refractivity contribution in [3.05, 3.63) is 29.8 Å². The summed E-state index contributed by atoms with van der Waals surface area (Å²) in [6.45, 7) is 6.74. The number of hydrogen-bond acceptors (Lipinski definition) is 4. The van der Waals surface area contributed by atoms with Crippen LogP contribution in [-0.2, 0) is 9.59 Å². The van der Waals surface area contributed by atoms with Crippen LogP contribution in [0, 0.1) is 11.3 Å². The van der Waals surface area contributed by atoms with Crippen molar-refractivity contribution >= 4 is 17.8 Å². The molecule has 31 heavy (non-hydrogen) atoms. The third-order valence-corrected chi connectivity index (χ3v) is 5.91. The van der Waals surface area contributed by atoms with E-state index in [1.807, 2.05) is 13.8 Å². The Bertz CT molecular complexity index is 737. The van der Waals surface area contributed by atoms with Gasteiger partial charge in [0.2, 0.25) is 5.91 Å². The Morgan fingerprint density at radius 3 is 2.23 bits per heavy atom. The fourth-order valence-electron chi connectivity index (χ4n) is 3.73. The van der Waals surface area contributed by atoms with Gasteiger partial charge in [0.1, 0.15) is 5.75 Å². The second-order valence-corrected chi connectivity index (χ2v) is 8.95. The highest BCUT2D eigenvalue weighted by atomic mass is 16.5. The fourth-order valence-corrected chi connectivity index (χ4v) is 3.73. The molecular formula is C24H36N2O5. The monoisotopic (exact) mass is 432 g/mol. The summed E-state index contributed by atoms with van der Waals surface area (Å²) in [4.78, 5) is 35.6. The molecule has 7 heteroatoms. The van der Waals surface area contributed by atoms with Crippen molar-refractivity contribution in [2.24, 2.45) is 11.3 Å². The molecule has 2 amide bonds. The number of aliphatic carboxylic acids is 1. The molecule has 1 aromatic rings. The summed E-state index contributed by atoms with van der Waals surface area (Å²) in [5, 5.41) is 14.8. The number of ether oxygens (including phenoxy) is 1. The number of amides is 2. The molecule has 0 saturated heterocycles. The SMILES string of the molecule is CCCCC(C)(C)C(=O)NCCNC(=O)c1ccc(OC2CCC(C(=O)O)CC2)cc1. The van der Waals surface area contributed by atoms with E-state index in [2.05, 4.69) is 17.6 Å². The Morgan fingerprint density at radius 2 is 1.65 bits per heavy atom. The molecule has 0 radical (unpaired) electrons. The molecule has 1 aliphatic carbocycles. The zero-order valence-electron chi connectivity index (χ0n) is 18.9. The van der Waals surface area contributed by atoms with Crippen molar-refractivity contribution in [2.75, 3.05) is 13.1 Å². The molecule has 0 aromatic heterocycles. The van der Waals surface area contributed by atoms with Gasteiger partial charge in [0.25, 0.3) is 5.91 Å². The van der Waals surface area contributed by atoms with Crippen LogP contribution in [-0.4, -0.2) is 42.1 Å². The van der Waals surface area contributed by atoms with E-state index in [1.54, 1.807) is 24.3 Å². The van der Waals surface area contributed by atoms with Crippen LogP contribution in [0.25, 0.3) is 0 Å². The molecule has 1 fully saturated rings. The molecule has 2 rings (SSSR count). The van der Waals surface area contributed by atoms with E-state index >= 15 is 0 Å². The van der Waals surface area contributed by atoms with Crippen molar-refractivity contribution < 1.29 is 24.2 Å². The smallest absolute Gasteiger partial charge is 0.306 e. The number of unbranched alkanes of at least 4 members (excludes halogenated alkanes) is 1. The van der Waals surface area contributed by atoms with Gasteiger partial charge in [0.05, 0.1) is 12.0 Å². The summed E-state index contributed by atoms with van der Waals surface area (Å²) in [5.74, 6) is -0.509. The highest BCUT2D eigenvalue weighted by Gasteiger charge is 2.27. The second-order valence-electron chi connectivity index (χ2n) is 8.95. The van der Waals surface area contributed by atoms with E-state index in [0.717, 1.165) is 32.1 Å². The number of carbonyl (C=O) groups is 3. The number of rotatable bonds is 11. The van der Waals surface area contributed by atoms with Crippen LogP contribution in [0.15, 0.2) is 24.3 Å². The van der Waals surface area contributed by atoms with Crippen LogP contribution < -0.4 is 15.4 Å². The van der Waals surface area contributed by atoms with Gasteiger partial charge in [-0.05, 0) is 56.4 Å². The Labute approximate surface area is 184 Å². The van der Waals surface area contributed by atoms with Crippen LogP contribution in [0.3, 0.4) is 0 Å². The van der Waals surface area contributed by atoms with Crippen molar-refractivity contribution in [1.82, 2.24) is 10.6 Å². The second kappa shape index (κ2) is 11.7. The van der Waals surface area contributed by atoms with Gasteiger partial charge in [-0.2, -0.15) is 0 Å². The molecule has 3 N–H and O–H groups in total. The van der Waals surface area contributed by atoms with E-state index in [9.17, 15) is 14.4 Å². The van der Waals surface area contributed by atoms with Gasteiger partial charge >= 0.3 is 5.97 Å². The van der Waals surface area contributed by atoms with Gasteiger partial charge in [0.15, 0.2) is 0 Å². The molecule has 1 aromatic carbocycles. The molecule has 1 saturated carbocycles. The normalized spacial score (nSPS) is 18.8. The summed E-state index contributed by atoms with van der Waals surface area (Å²) in [7, 11) is 0. The van der Waals surface area contributed by atoms with E-state index in [-0.39, 0.29) is 23.8 Å². The van der Waals surface area contributed by atoms with Crippen molar-refractivity contribution in [2.45, 2.75) is 71.8 Å². The Balaban J connectivity index is 1.71. The summed E-state index contributed by atoms with van der Waals surface area (Å²) in [6.07, 6.45) is 5.64. The molecule has 0 unspecified atom stereocenters. The maximum absolute atomic E-state index is 12.3. The first-order chi connectivity index (χ1) is 14.7. The van der Waals surface area contributed by atoms with Crippen molar-refractivity contribution in [3.63, 3.8) is 0 Å². The molecule has 1 aliphatic rings. The quantitative estimate of drug-likeness (QED) is 0.462. The van der Waals surface area contributed by atoms with Crippen molar-refractivity contribution in [1.29, 1.82) is 0 Å². The molecule has 0 bridgehead atoms. The van der Waals surface area contributed by atoms with Crippen LogP contribution >= 0.6 is 0 Å². The highest BCUT2D eigenvalue weighted by molar-refractivity contribution is 5.94. The minimum Gasteiger partial charge on any atom is -0.490 e. The lowest BCUT2D eigenvalue weighted by atomic mass is 9.86. The largest absolute Gasteiger partial charge is 0.490 e. The first-order valence-corrected chi connectivity index (χ1v) is 11.3. The molecular weight excluding hydrogens is 396 g/mol. The predicted molar refractivity (Wildman–Crippen MR) is 119 cm³/mol. The standard InChI is InChI=1S/C24H36N2O5/c1-4-5-14-24(2,3)23(30)26-16-15-25-21(27)17-6-10-19(11-7-17)31-20-12-8-18(9-13-20)22(28)29/h6-7,10-11,18,20H,4-5,8-9,12-16H2,1-3H3,(H,25,27)(H,26,30)(H,28,29). The minimum atomic E-state index is -0.728. The van der Waals surface area contributed by atoms with Crippen molar-refractivity contribution in [3.8, 4) is 5.75 Å². The van der Waals surface area contributed by atoms with Crippen LogP contribution in [0.5, 0.6) is 5.75 Å². The summed E-state index contributed by atoms with van der Waals surface area (Å²) >= 11 is 0. The highest BCUT2D eigenvalue weighted by Crippen LogP contribution is 2.28. The number of carbonyl (C=O) groups excluding carboxylic acids is 2. The average molecular weight is 433 g/mol. The number of benzene rings is 1. The van der Waals surface area contributed by atoms with E-state index in [0.29, 0.717) is 37.2 Å². The zero-order valence-corrected chi connectivity index (χ0v) is 18.9. The Morgan fingerprint density at radius 1 is 1.03 bits per heavy atom. The first-order valence-electron chi connectivity index (χ1n) is 11.3. The van der Waals surface area contributed by atoms with Gasteiger partial charge in [-0.15, -0.1) is 0 Å². The van der Waals surface area contributed by atoms with Crippen LogP contribution in [0.2, 0.25) is 0 Å². The first kappa shape index (κ1) is 24.7. The minimum absolute atomic E-state index is 0.00842. The predicted octanol–water partition coefficient (Wildman–Crippen LogP) is 3.77. The van der Waals surface area contributed by atoms with E-state index in [1.165, 1.54) is 0 Å². The third-order valence-electron chi connectivity index (χ3n) is 5.91. The lowest BCUT2D eigenvalue weighted by Crippen LogP contribution is -2.41. The Hall–Kier alpha value is -2.57. The van der Waals surface area contributed by atoms with E-state index in [4.69, 9.17) is 9.84 Å². The van der Waals surface area contributed by atoms with Gasteiger partial charge in [-0.3, -0.25) is 14.4 Å². The lowest BCUT2D eigenvalue weighted by molar-refractivity contribution is -0.143. The van der Waals surface area contributed by atoms with Gasteiger partial charge in [0, 0.05) is 24.1 Å². The maximum atomic E-state index is 12.3. The summed E-state index contributed by atoms with van der Waals surface area (Å²) < 4.78 is 5.93. The number of hydrogen-bond donors (Lipinski definition) is 3. The Kier molecular flexibility index (Phi) is 9.34. The van der Waals surface area contributed by atoms with Gasteiger partial charge in [-0.25, -0.2) is 0 Å². The zero-order chi connectivity index (χ0) is 22.9. The molecule has 7 nitrogen and oxygen atoms in total. The van der Waals surface area contributed by atoms with Gasteiger partial charge < -0.3 is 20.5 Å². The average Bonchev–Trinajstić information content (AvgIpc) is 2.75. The molecule has 0 atom stereocenters.